The fourth-order valence-corrected chi connectivity index (χ4v) is 2.49. The van der Waals surface area contributed by atoms with Crippen LogP contribution in [0.3, 0.4) is 0 Å². The van der Waals surface area contributed by atoms with E-state index in [1.54, 1.807) is 0 Å². The lowest BCUT2D eigenvalue weighted by Gasteiger charge is -2.12. The van der Waals surface area contributed by atoms with Crippen molar-refractivity contribution in [2.75, 3.05) is 6.54 Å². The highest BCUT2D eigenvalue weighted by atomic mass is 15.1. The molecule has 0 unspecified atom stereocenters. The molecule has 0 saturated carbocycles. The average molecular weight is 266 g/mol. The predicted octanol–water partition coefficient (Wildman–Crippen LogP) is 2.48. The quantitative estimate of drug-likeness (QED) is 0.789. The molecule has 0 saturated heterocycles. The van der Waals surface area contributed by atoms with Crippen LogP contribution in [0.15, 0.2) is 42.7 Å². The minimum atomic E-state index is 0.614. The molecular weight excluding hydrogens is 248 g/mol. The van der Waals surface area contributed by atoms with E-state index in [1.165, 1.54) is 5.56 Å². The van der Waals surface area contributed by atoms with Gasteiger partial charge in [-0.3, -0.25) is 4.57 Å². The molecule has 0 bridgehead atoms. The number of pyridine rings is 1. The van der Waals surface area contributed by atoms with Crippen molar-refractivity contribution in [3.05, 3.63) is 54.1 Å². The number of hydrogen-bond donors (Lipinski definition) is 1. The van der Waals surface area contributed by atoms with E-state index >= 15 is 0 Å². The van der Waals surface area contributed by atoms with Crippen molar-refractivity contribution in [3.63, 3.8) is 0 Å². The van der Waals surface area contributed by atoms with Gasteiger partial charge in [-0.1, -0.05) is 25.1 Å². The third-order valence-corrected chi connectivity index (χ3v) is 3.46. The van der Waals surface area contributed by atoms with Crippen LogP contribution in [0.25, 0.3) is 16.7 Å². The summed E-state index contributed by atoms with van der Waals surface area (Å²) in [6, 6.07) is 10.3. The van der Waals surface area contributed by atoms with Gasteiger partial charge in [0.25, 0.3) is 0 Å². The maximum atomic E-state index is 5.74. The van der Waals surface area contributed by atoms with Gasteiger partial charge in [-0.2, -0.15) is 0 Å². The summed E-state index contributed by atoms with van der Waals surface area (Å²) in [5.74, 6) is 1.97. The number of para-hydroxylation sites is 1. The van der Waals surface area contributed by atoms with Gasteiger partial charge >= 0.3 is 0 Å². The van der Waals surface area contributed by atoms with Gasteiger partial charge < -0.3 is 5.73 Å². The maximum Gasteiger partial charge on any atom is 0.142 e. The Hall–Kier alpha value is -2.20. The first-order valence-electron chi connectivity index (χ1n) is 6.94. The lowest BCUT2D eigenvalue weighted by atomic mass is 10.1. The molecule has 3 rings (SSSR count). The third kappa shape index (κ3) is 2.18. The van der Waals surface area contributed by atoms with Gasteiger partial charge in [0.2, 0.25) is 0 Å². The highest BCUT2D eigenvalue weighted by molar-refractivity contribution is 5.80. The summed E-state index contributed by atoms with van der Waals surface area (Å²) in [4.78, 5) is 9.20. The lowest BCUT2D eigenvalue weighted by Crippen LogP contribution is -2.10. The topological polar surface area (TPSA) is 56.7 Å². The number of fused-ring (bicyclic) bond motifs is 1. The molecule has 2 aromatic heterocycles. The summed E-state index contributed by atoms with van der Waals surface area (Å²) >= 11 is 0. The summed E-state index contributed by atoms with van der Waals surface area (Å²) in [6.45, 7) is 2.71. The molecule has 3 aromatic rings. The molecule has 2 heterocycles. The minimum Gasteiger partial charge on any atom is -0.330 e. The molecule has 0 spiro atoms. The largest absolute Gasteiger partial charge is 0.330 e. The van der Waals surface area contributed by atoms with Crippen molar-refractivity contribution < 1.29 is 0 Å². The molecule has 0 aliphatic carbocycles. The van der Waals surface area contributed by atoms with Gasteiger partial charge in [0.05, 0.1) is 5.52 Å². The Labute approximate surface area is 118 Å². The highest BCUT2D eigenvalue weighted by Gasteiger charge is 2.11. The Morgan fingerprint density at radius 2 is 2.10 bits per heavy atom. The first kappa shape index (κ1) is 12.8. The molecular formula is C16H18N4. The number of nitrogens with zero attached hydrogens (tertiary/aromatic N) is 3. The number of nitrogens with two attached hydrogens (primary N) is 1. The number of aryl methyl sites for hydroxylation is 1. The smallest absolute Gasteiger partial charge is 0.142 e. The first-order chi connectivity index (χ1) is 9.83. The zero-order valence-corrected chi connectivity index (χ0v) is 11.6. The van der Waals surface area contributed by atoms with Crippen LogP contribution in [0.4, 0.5) is 0 Å². The second-order valence-corrected chi connectivity index (χ2v) is 4.77. The standard InChI is InChI=1S/C16H18N4/c1-2-15-18-9-10-20(15)16-13(7-8-17)11-12-5-3-4-6-14(12)19-16/h3-6,9-11H,2,7-8,17H2,1H3. The summed E-state index contributed by atoms with van der Waals surface area (Å²) in [6.07, 6.45) is 5.48. The van der Waals surface area contributed by atoms with Gasteiger partial charge in [-0.25, -0.2) is 9.97 Å². The molecule has 20 heavy (non-hydrogen) atoms. The predicted molar refractivity (Wildman–Crippen MR) is 81.0 cm³/mol. The molecule has 0 aliphatic rings. The fraction of sp³-hybridized carbons (Fsp3) is 0.250. The van der Waals surface area contributed by atoms with Crippen molar-refractivity contribution in [1.82, 2.24) is 14.5 Å². The number of imidazole rings is 1. The van der Waals surface area contributed by atoms with E-state index in [9.17, 15) is 0 Å². The van der Waals surface area contributed by atoms with E-state index in [0.717, 1.165) is 35.4 Å². The van der Waals surface area contributed by atoms with Crippen molar-refractivity contribution >= 4 is 10.9 Å². The van der Waals surface area contributed by atoms with Crippen molar-refractivity contribution in [1.29, 1.82) is 0 Å². The number of benzene rings is 1. The van der Waals surface area contributed by atoms with E-state index in [0.29, 0.717) is 6.54 Å². The fourth-order valence-electron chi connectivity index (χ4n) is 2.49. The molecule has 0 aliphatic heterocycles. The number of rotatable bonds is 4. The first-order valence-corrected chi connectivity index (χ1v) is 6.94. The van der Waals surface area contributed by atoms with Crippen LogP contribution in [0, 0.1) is 0 Å². The Kier molecular flexibility index (Phi) is 3.48. The summed E-state index contributed by atoms with van der Waals surface area (Å²) in [5.41, 5.74) is 7.91. The zero-order chi connectivity index (χ0) is 13.9. The Morgan fingerprint density at radius 1 is 1.25 bits per heavy atom. The van der Waals surface area contributed by atoms with Gasteiger partial charge in [-0.05, 0) is 30.7 Å². The summed E-state index contributed by atoms with van der Waals surface area (Å²) in [7, 11) is 0. The molecule has 4 heteroatoms. The highest BCUT2D eigenvalue weighted by Crippen LogP contribution is 2.21. The van der Waals surface area contributed by atoms with Crippen LogP contribution in [0.1, 0.15) is 18.3 Å². The van der Waals surface area contributed by atoms with E-state index < -0.39 is 0 Å². The van der Waals surface area contributed by atoms with Gasteiger partial charge in [-0.15, -0.1) is 0 Å². The molecule has 102 valence electrons. The van der Waals surface area contributed by atoms with Crippen LogP contribution in [-0.2, 0) is 12.8 Å². The van der Waals surface area contributed by atoms with E-state index in [-0.39, 0.29) is 0 Å². The number of hydrogen-bond acceptors (Lipinski definition) is 3. The Bertz CT molecular complexity index is 730. The van der Waals surface area contributed by atoms with Crippen LogP contribution in [0.2, 0.25) is 0 Å². The molecule has 0 atom stereocenters. The molecule has 2 N–H and O–H groups in total. The SMILES string of the molecule is CCc1nccn1-c1nc2ccccc2cc1CCN. The Balaban J connectivity index is 2.24. The monoisotopic (exact) mass is 266 g/mol. The second kappa shape index (κ2) is 5.43. The van der Waals surface area contributed by atoms with Gasteiger partial charge in [0.15, 0.2) is 0 Å². The molecule has 0 fully saturated rings. The van der Waals surface area contributed by atoms with Crippen molar-refractivity contribution in [2.45, 2.75) is 19.8 Å². The average Bonchev–Trinajstić information content (AvgIpc) is 2.95. The number of aromatic nitrogens is 3. The van der Waals surface area contributed by atoms with Crippen LogP contribution in [-0.4, -0.2) is 21.1 Å². The normalized spacial score (nSPS) is 11.1. The summed E-state index contributed by atoms with van der Waals surface area (Å²) < 4.78 is 2.07. The second-order valence-electron chi connectivity index (χ2n) is 4.77. The minimum absolute atomic E-state index is 0.614. The summed E-state index contributed by atoms with van der Waals surface area (Å²) in [5, 5.41) is 1.15. The Morgan fingerprint density at radius 3 is 2.90 bits per heavy atom. The van der Waals surface area contributed by atoms with Gasteiger partial charge in [0, 0.05) is 24.2 Å². The molecule has 4 nitrogen and oxygen atoms in total. The van der Waals surface area contributed by atoms with Crippen LogP contribution >= 0.6 is 0 Å². The van der Waals surface area contributed by atoms with E-state index in [4.69, 9.17) is 10.7 Å². The molecule has 0 amide bonds. The third-order valence-electron chi connectivity index (χ3n) is 3.46. The molecule has 1 aromatic carbocycles. The van der Waals surface area contributed by atoms with Crippen molar-refractivity contribution in [2.24, 2.45) is 5.73 Å². The van der Waals surface area contributed by atoms with E-state index in [2.05, 4.69) is 28.6 Å². The lowest BCUT2D eigenvalue weighted by molar-refractivity contribution is 0.846. The molecule has 0 radical (unpaired) electrons. The maximum absolute atomic E-state index is 5.74. The van der Waals surface area contributed by atoms with E-state index in [1.807, 2.05) is 30.6 Å². The van der Waals surface area contributed by atoms with Crippen LogP contribution in [0.5, 0.6) is 0 Å². The van der Waals surface area contributed by atoms with Crippen LogP contribution < -0.4 is 5.73 Å². The zero-order valence-electron chi connectivity index (χ0n) is 11.6. The van der Waals surface area contributed by atoms with Crippen molar-refractivity contribution in [3.8, 4) is 5.82 Å². The van der Waals surface area contributed by atoms with Gasteiger partial charge in [0.1, 0.15) is 11.6 Å².